The molecule has 0 aliphatic carbocycles. The molecule has 124 valence electrons. The molecular weight excluding hydrogens is 282 g/mol. The molecule has 0 bridgehead atoms. The second-order valence-corrected chi connectivity index (χ2v) is 7.20. The van der Waals surface area contributed by atoms with E-state index < -0.39 is 0 Å². The van der Waals surface area contributed by atoms with Crippen molar-refractivity contribution in [2.45, 2.75) is 54.1 Å². The fourth-order valence-corrected chi connectivity index (χ4v) is 2.09. The zero-order valence-corrected chi connectivity index (χ0v) is 15.3. The van der Waals surface area contributed by atoms with E-state index >= 15 is 0 Å². The maximum absolute atomic E-state index is 11.5. The van der Waals surface area contributed by atoms with Gasteiger partial charge in [-0.2, -0.15) is 0 Å². The highest BCUT2D eigenvalue weighted by atomic mass is 16.1. The number of carbonyl (C=O) groups excluding carboxylic acids is 1. The van der Waals surface area contributed by atoms with E-state index in [9.17, 15) is 4.79 Å². The van der Waals surface area contributed by atoms with E-state index in [2.05, 4.69) is 63.5 Å². The molecule has 0 fully saturated rings. The standard InChI is InChI=1S/C21H29NO/c1-17(2)22(14-9-7-8-13-21(4,5)6)16-19-11-10-12-20(15-19)18(3)23/h7,9-12,15,17H,14,16H2,1-6H3/b9-7+. The molecule has 1 rings (SSSR count). The summed E-state index contributed by atoms with van der Waals surface area (Å²) in [6.45, 7) is 14.0. The van der Waals surface area contributed by atoms with Crippen molar-refractivity contribution in [1.29, 1.82) is 0 Å². The Hall–Kier alpha value is -1.85. The van der Waals surface area contributed by atoms with Crippen LogP contribution in [0.4, 0.5) is 0 Å². The number of hydrogen-bond donors (Lipinski definition) is 0. The van der Waals surface area contributed by atoms with E-state index in [1.807, 2.05) is 24.3 Å². The Kier molecular flexibility index (Phi) is 7.26. The van der Waals surface area contributed by atoms with Gasteiger partial charge in [-0.05, 0) is 59.2 Å². The third-order valence-electron chi connectivity index (χ3n) is 3.44. The fraction of sp³-hybridized carbons (Fsp3) is 0.476. The van der Waals surface area contributed by atoms with Crippen LogP contribution in [-0.2, 0) is 6.54 Å². The van der Waals surface area contributed by atoms with E-state index in [1.54, 1.807) is 6.92 Å². The number of allylic oxidation sites excluding steroid dienone is 1. The van der Waals surface area contributed by atoms with Crippen LogP contribution in [0, 0.1) is 17.3 Å². The predicted molar refractivity (Wildman–Crippen MR) is 98.4 cm³/mol. The number of benzene rings is 1. The molecule has 0 atom stereocenters. The van der Waals surface area contributed by atoms with Crippen molar-refractivity contribution >= 4 is 5.78 Å². The van der Waals surface area contributed by atoms with Crippen molar-refractivity contribution in [2.24, 2.45) is 5.41 Å². The van der Waals surface area contributed by atoms with E-state index in [0.717, 1.165) is 18.7 Å². The molecule has 1 aromatic carbocycles. The Morgan fingerprint density at radius 3 is 2.57 bits per heavy atom. The number of rotatable bonds is 6. The van der Waals surface area contributed by atoms with Crippen molar-refractivity contribution in [2.75, 3.05) is 6.54 Å². The summed E-state index contributed by atoms with van der Waals surface area (Å²) in [6.07, 6.45) is 4.04. The average Bonchev–Trinajstić information content (AvgIpc) is 2.44. The van der Waals surface area contributed by atoms with Gasteiger partial charge in [-0.15, -0.1) is 0 Å². The van der Waals surface area contributed by atoms with Crippen LogP contribution in [0.3, 0.4) is 0 Å². The minimum atomic E-state index is 0.0369. The molecule has 0 saturated carbocycles. The first-order valence-corrected chi connectivity index (χ1v) is 8.20. The topological polar surface area (TPSA) is 20.3 Å². The number of nitrogens with zero attached hydrogens (tertiary/aromatic N) is 1. The van der Waals surface area contributed by atoms with E-state index in [-0.39, 0.29) is 11.2 Å². The lowest BCUT2D eigenvalue weighted by molar-refractivity contribution is 0.101. The molecule has 0 unspecified atom stereocenters. The Bertz CT molecular complexity index is 609. The smallest absolute Gasteiger partial charge is 0.159 e. The molecule has 0 heterocycles. The molecular formula is C21H29NO. The monoisotopic (exact) mass is 311 g/mol. The second-order valence-electron chi connectivity index (χ2n) is 7.20. The summed E-state index contributed by atoms with van der Waals surface area (Å²) < 4.78 is 0. The summed E-state index contributed by atoms with van der Waals surface area (Å²) in [6, 6.07) is 8.31. The number of hydrogen-bond acceptors (Lipinski definition) is 2. The lowest BCUT2D eigenvalue weighted by atomic mass is 9.98. The van der Waals surface area contributed by atoms with Crippen LogP contribution in [-0.4, -0.2) is 23.3 Å². The molecule has 0 N–H and O–H groups in total. The zero-order valence-electron chi connectivity index (χ0n) is 15.3. The van der Waals surface area contributed by atoms with E-state index in [0.29, 0.717) is 6.04 Å². The summed E-state index contributed by atoms with van der Waals surface area (Å²) in [5.74, 6) is 6.42. The van der Waals surface area contributed by atoms with Gasteiger partial charge in [0.1, 0.15) is 0 Å². The quantitative estimate of drug-likeness (QED) is 0.560. The third-order valence-corrected chi connectivity index (χ3v) is 3.44. The molecule has 0 aromatic heterocycles. The summed E-state index contributed by atoms with van der Waals surface area (Å²) in [7, 11) is 0. The molecule has 0 amide bonds. The highest BCUT2D eigenvalue weighted by Crippen LogP contribution is 2.12. The fourth-order valence-electron chi connectivity index (χ4n) is 2.09. The minimum absolute atomic E-state index is 0.0369. The van der Waals surface area contributed by atoms with E-state index in [4.69, 9.17) is 0 Å². The van der Waals surface area contributed by atoms with Crippen LogP contribution < -0.4 is 0 Å². The summed E-state index contributed by atoms with van der Waals surface area (Å²) in [5.41, 5.74) is 1.98. The normalized spacial score (nSPS) is 11.8. The lowest BCUT2D eigenvalue weighted by Crippen LogP contribution is -2.30. The minimum Gasteiger partial charge on any atom is -0.295 e. The predicted octanol–water partition coefficient (Wildman–Crippen LogP) is 4.71. The summed E-state index contributed by atoms with van der Waals surface area (Å²) >= 11 is 0. The van der Waals surface area contributed by atoms with Crippen LogP contribution in [0.25, 0.3) is 0 Å². The van der Waals surface area contributed by atoms with Gasteiger partial charge < -0.3 is 0 Å². The largest absolute Gasteiger partial charge is 0.295 e. The van der Waals surface area contributed by atoms with E-state index in [1.165, 1.54) is 5.56 Å². The maximum atomic E-state index is 11.5. The van der Waals surface area contributed by atoms with Gasteiger partial charge >= 0.3 is 0 Å². The van der Waals surface area contributed by atoms with Crippen molar-refractivity contribution in [3.63, 3.8) is 0 Å². The van der Waals surface area contributed by atoms with Crippen molar-refractivity contribution in [3.8, 4) is 11.8 Å². The molecule has 23 heavy (non-hydrogen) atoms. The Labute approximate surface area is 141 Å². The van der Waals surface area contributed by atoms with Gasteiger partial charge in [0.2, 0.25) is 0 Å². The highest BCUT2D eigenvalue weighted by molar-refractivity contribution is 5.94. The molecule has 0 radical (unpaired) electrons. The van der Waals surface area contributed by atoms with Crippen LogP contribution in [0.1, 0.15) is 57.5 Å². The van der Waals surface area contributed by atoms with Gasteiger partial charge in [-0.3, -0.25) is 9.69 Å². The lowest BCUT2D eigenvalue weighted by Gasteiger charge is -2.25. The first-order valence-electron chi connectivity index (χ1n) is 8.20. The van der Waals surface area contributed by atoms with Crippen molar-refractivity contribution in [1.82, 2.24) is 4.90 Å². The van der Waals surface area contributed by atoms with Gasteiger partial charge in [0, 0.05) is 30.1 Å². The first kappa shape index (κ1) is 19.2. The molecule has 0 saturated heterocycles. The summed E-state index contributed by atoms with van der Waals surface area (Å²) in [5, 5.41) is 0. The molecule has 0 spiro atoms. The first-order chi connectivity index (χ1) is 10.7. The number of Topliss-reactive ketones (excluding diaryl/α,β-unsaturated/α-hetero) is 1. The molecule has 0 aliphatic rings. The summed E-state index contributed by atoms with van der Waals surface area (Å²) in [4.78, 5) is 13.9. The van der Waals surface area contributed by atoms with Crippen molar-refractivity contribution < 1.29 is 4.79 Å². The molecule has 0 aliphatic heterocycles. The van der Waals surface area contributed by atoms with Crippen LogP contribution in [0.2, 0.25) is 0 Å². The van der Waals surface area contributed by atoms with Crippen LogP contribution >= 0.6 is 0 Å². The Balaban J connectivity index is 2.72. The Morgan fingerprint density at radius 1 is 1.30 bits per heavy atom. The maximum Gasteiger partial charge on any atom is 0.159 e. The molecule has 2 nitrogen and oxygen atoms in total. The number of carbonyl (C=O) groups is 1. The van der Waals surface area contributed by atoms with Gasteiger partial charge in [0.25, 0.3) is 0 Å². The molecule has 1 aromatic rings. The Morgan fingerprint density at radius 2 is 2.00 bits per heavy atom. The van der Waals surface area contributed by atoms with Crippen molar-refractivity contribution in [3.05, 3.63) is 47.5 Å². The van der Waals surface area contributed by atoms with Crippen LogP contribution in [0.15, 0.2) is 36.4 Å². The average molecular weight is 311 g/mol. The van der Waals surface area contributed by atoms with Gasteiger partial charge in [-0.25, -0.2) is 0 Å². The van der Waals surface area contributed by atoms with Gasteiger partial charge in [-0.1, -0.05) is 36.1 Å². The van der Waals surface area contributed by atoms with Crippen LogP contribution in [0.5, 0.6) is 0 Å². The molecule has 2 heteroatoms. The third kappa shape index (κ3) is 7.81. The SMILES string of the molecule is CC(=O)c1cccc(CN(C/C=C/C#CC(C)(C)C)C(C)C)c1. The zero-order chi connectivity index (χ0) is 17.5. The highest BCUT2D eigenvalue weighted by Gasteiger charge is 2.09. The van der Waals surface area contributed by atoms with Gasteiger partial charge in [0.15, 0.2) is 5.78 Å². The second kappa shape index (κ2) is 8.70. The number of ketones is 1. The van der Waals surface area contributed by atoms with Gasteiger partial charge in [0.05, 0.1) is 0 Å².